The van der Waals surface area contributed by atoms with Gasteiger partial charge in [0.25, 0.3) is 0 Å². The molecule has 1 aromatic heterocycles. The quantitative estimate of drug-likeness (QED) is 0.129. The van der Waals surface area contributed by atoms with Crippen LogP contribution in [0.2, 0.25) is 0 Å². The van der Waals surface area contributed by atoms with E-state index in [1.165, 1.54) is 0 Å². The molecule has 0 unspecified atom stereocenters. The Balaban J connectivity index is 1.07. The lowest BCUT2D eigenvalue weighted by Gasteiger charge is -2.30. The normalized spacial score (nSPS) is 18.4. The molecule has 0 spiro atoms. The number of fused-ring (bicyclic) bond motifs is 1. The summed E-state index contributed by atoms with van der Waals surface area (Å²) < 4.78 is 0. The monoisotopic (exact) mass is 758 g/mol. The predicted octanol–water partition coefficient (Wildman–Crippen LogP) is 7.67. The zero-order valence-electron chi connectivity index (χ0n) is 33.9. The number of rotatable bonds is 15. The molecule has 3 heterocycles. The van der Waals surface area contributed by atoms with Crippen LogP contribution in [0.4, 0.5) is 0 Å². The number of likely N-dealkylation sites (tertiary alicyclic amines) is 2. The lowest BCUT2D eigenvalue weighted by Crippen LogP contribution is -2.46. The van der Waals surface area contributed by atoms with Gasteiger partial charge in [-0.3, -0.25) is 24.0 Å². The Bertz CT molecular complexity index is 2040. The Labute approximate surface area is 331 Å². The van der Waals surface area contributed by atoms with Gasteiger partial charge < -0.3 is 20.1 Å². The zero-order valence-corrected chi connectivity index (χ0v) is 33.9. The van der Waals surface area contributed by atoms with Crippen LogP contribution in [0.3, 0.4) is 0 Å². The fraction of sp³-hybridized carbons (Fsp3) is 0.468. The van der Waals surface area contributed by atoms with Crippen molar-refractivity contribution in [2.45, 2.75) is 104 Å². The van der Waals surface area contributed by atoms with Crippen LogP contribution in [-0.4, -0.2) is 76.2 Å². The summed E-state index contributed by atoms with van der Waals surface area (Å²) in [6.45, 7) is 11.2. The number of hydrogen-bond acceptors (Lipinski definition) is 6. The number of H-pyrrole nitrogens is 1. The third kappa shape index (κ3) is 9.55. The number of aromatic nitrogens is 1. The van der Waals surface area contributed by atoms with Gasteiger partial charge in [0.2, 0.25) is 11.8 Å². The number of carbonyl (C=O) groups excluding carboxylic acids is 5. The van der Waals surface area contributed by atoms with Gasteiger partial charge in [-0.15, -0.1) is 0 Å². The summed E-state index contributed by atoms with van der Waals surface area (Å²) in [6.07, 6.45) is 4.04. The van der Waals surface area contributed by atoms with Gasteiger partial charge in [-0.05, 0) is 84.5 Å². The molecule has 0 radical (unpaired) electrons. The standard InChI is InChI=1S/C47H58N4O5/c1-30(2)37(28-36(52)29-47(3,4)5)45(55)50-22-10-14-40(50)42(53)25-31-16-19-33(20-17-31)39-27-35-24-32(18-21-38(35)49-39)26-43(54)41-15-11-23-51(41)46(56)44(48-6)34-12-8-7-9-13-34/h7-9,12-13,16-21,24,27,30,37,40-41,44,48-49H,10-11,14-15,22-23,25-26,28-29H2,1-6H3/t37-,40+,41+,44-/m1/s1. The van der Waals surface area contributed by atoms with Crippen LogP contribution in [0.15, 0.2) is 78.9 Å². The van der Waals surface area contributed by atoms with Crippen molar-refractivity contribution in [1.29, 1.82) is 0 Å². The topological polar surface area (TPSA) is 120 Å². The predicted molar refractivity (Wildman–Crippen MR) is 221 cm³/mol. The highest BCUT2D eigenvalue weighted by Crippen LogP contribution is 2.31. The highest BCUT2D eigenvalue weighted by molar-refractivity contribution is 5.95. The fourth-order valence-electron chi connectivity index (χ4n) is 8.59. The van der Waals surface area contributed by atoms with Crippen molar-refractivity contribution in [2.24, 2.45) is 17.3 Å². The molecule has 2 aliphatic heterocycles. The number of benzene rings is 3. The summed E-state index contributed by atoms with van der Waals surface area (Å²) in [5, 5.41) is 4.14. The van der Waals surface area contributed by atoms with E-state index in [0.29, 0.717) is 32.4 Å². The van der Waals surface area contributed by atoms with Crippen molar-refractivity contribution in [3.8, 4) is 11.3 Å². The summed E-state index contributed by atoms with van der Waals surface area (Å²) in [7, 11) is 1.78. The van der Waals surface area contributed by atoms with E-state index in [-0.39, 0.29) is 59.8 Å². The number of ketones is 3. The molecule has 56 heavy (non-hydrogen) atoms. The molecule has 296 valence electrons. The minimum atomic E-state index is -0.493. The van der Waals surface area contributed by atoms with Crippen LogP contribution < -0.4 is 5.32 Å². The van der Waals surface area contributed by atoms with Gasteiger partial charge >= 0.3 is 0 Å². The van der Waals surface area contributed by atoms with Crippen LogP contribution in [0.25, 0.3) is 22.2 Å². The molecule has 0 bridgehead atoms. The molecule has 3 aromatic carbocycles. The summed E-state index contributed by atoms with van der Waals surface area (Å²) in [5.41, 5.74) is 5.41. The number of hydrogen-bond donors (Lipinski definition) is 2. The van der Waals surface area contributed by atoms with E-state index in [2.05, 4.69) is 16.4 Å². The van der Waals surface area contributed by atoms with E-state index in [0.717, 1.165) is 51.7 Å². The molecule has 2 aliphatic rings. The fourth-order valence-corrected chi connectivity index (χ4v) is 8.59. The number of likely N-dealkylation sites (N-methyl/N-ethyl adjacent to an activating group) is 1. The Morgan fingerprint density at radius 3 is 1.95 bits per heavy atom. The smallest absolute Gasteiger partial charge is 0.244 e. The molecule has 4 atom stereocenters. The Morgan fingerprint density at radius 1 is 0.768 bits per heavy atom. The number of nitrogens with zero attached hydrogens (tertiary/aromatic N) is 2. The molecule has 4 aromatic rings. The van der Waals surface area contributed by atoms with E-state index in [1.54, 1.807) is 16.8 Å². The number of Topliss-reactive ketones (excluding diaryl/α,β-unsaturated/α-hetero) is 3. The van der Waals surface area contributed by atoms with Crippen molar-refractivity contribution in [3.05, 3.63) is 95.6 Å². The highest BCUT2D eigenvalue weighted by Gasteiger charge is 2.39. The molecule has 2 amide bonds. The molecule has 9 heteroatoms. The van der Waals surface area contributed by atoms with E-state index >= 15 is 0 Å². The van der Waals surface area contributed by atoms with Crippen molar-refractivity contribution in [3.63, 3.8) is 0 Å². The van der Waals surface area contributed by atoms with Crippen molar-refractivity contribution in [1.82, 2.24) is 20.1 Å². The van der Waals surface area contributed by atoms with E-state index in [1.807, 2.05) is 107 Å². The lowest BCUT2D eigenvalue weighted by atomic mass is 9.83. The Morgan fingerprint density at radius 2 is 1.36 bits per heavy atom. The second kappa shape index (κ2) is 17.5. The summed E-state index contributed by atoms with van der Waals surface area (Å²) >= 11 is 0. The highest BCUT2D eigenvalue weighted by atomic mass is 16.2. The first-order chi connectivity index (χ1) is 26.7. The minimum Gasteiger partial charge on any atom is -0.355 e. The summed E-state index contributed by atoms with van der Waals surface area (Å²) in [4.78, 5) is 74.5. The number of nitrogens with one attached hydrogen (secondary N) is 2. The molecular formula is C47H58N4O5. The maximum absolute atomic E-state index is 13.8. The molecule has 9 nitrogen and oxygen atoms in total. The second-order valence-electron chi connectivity index (χ2n) is 17.4. The zero-order chi connectivity index (χ0) is 40.1. The third-order valence-corrected chi connectivity index (χ3v) is 11.5. The van der Waals surface area contributed by atoms with Crippen LogP contribution >= 0.6 is 0 Å². The summed E-state index contributed by atoms with van der Waals surface area (Å²) in [5.74, 6) is -0.376. The molecule has 6 rings (SSSR count). The first kappa shape index (κ1) is 40.8. The Hall–Kier alpha value is -4.89. The van der Waals surface area contributed by atoms with Gasteiger partial charge in [-0.25, -0.2) is 0 Å². The van der Waals surface area contributed by atoms with Crippen LogP contribution in [0.1, 0.15) is 95.9 Å². The molecule has 0 aliphatic carbocycles. The SMILES string of the molecule is CN[C@@H](C(=O)N1CCC[C@H]1C(=O)Cc1ccc2[nH]c(-c3ccc(CC(=O)[C@@H]4CCCN4C(=O)[C@H](CC(=O)CC(C)(C)C)C(C)C)cc3)cc2c1)c1ccccc1. The first-order valence-electron chi connectivity index (χ1n) is 20.3. The van der Waals surface area contributed by atoms with Gasteiger partial charge in [0.15, 0.2) is 11.6 Å². The average molecular weight is 759 g/mol. The number of aromatic amines is 1. The van der Waals surface area contributed by atoms with Gasteiger partial charge in [-0.1, -0.05) is 95.3 Å². The minimum absolute atomic E-state index is 0.00552. The number of amides is 2. The molecular weight excluding hydrogens is 701 g/mol. The maximum atomic E-state index is 13.8. The van der Waals surface area contributed by atoms with Crippen LogP contribution in [0.5, 0.6) is 0 Å². The van der Waals surface area contributed by atoms with Crippen molar-refractivity contribution < 1.29 is 24.0 Å². The van der Waals surface area contributed by atoms with Crippen molar-refractivity contribution in [2.75, 3.05) is 20.1 Å². The average Bonchev–Trinajstić information content (AvgIpc) is 3.94. The number of carbonyl (C=O) groups is 5. The van der Waals surface area contributed by atoms with E-state index in [4.69, 9.17) is 0 Å². The van der Waals surface area contributed by atoms with Gasteiger partial charge in [0.1, 0.15) is 11.8 Å². The van der Waals surface area contributed by atoms with Crippen LogP contribution in [0, 0.1) is 17.3 Å². The van der Waals surface area contributed by atoms with E-state index < -0.39 is 24.0 Å². The lowest BCUT2D eigenvalue weighted by molar-refractivity contribution is -0.143. The van der Waals surface area contributed by atoms with Gasteiger partial charge in [0.05, 0.1) is 12.1 Å². The van der Waals surface area contributed by atoms with Crippen molar-refractivity contribution >= 4 is 40.1 Å². The van der Waals surface area contributed by atoms with E-state index in [9.17, 15) is 24.0 Å². The van der Waals surface area contributed by atoms with Gasteiger partial charge in [0, 0.05) is 61.3 Å². The summed E-state index contributed by atoms with van der Waals surface area (Å²) in [6, 6.07) is 24.3. The molecule has 2 saturated heterocycles. The molecule has 2 N–H and O–H groups in total. The van der Waals surface area contributed by atoms with Crippen LogP contribution in [-0.2, 0) is 36.8 Å². The first-order valence-corrected chi connectivity index (χ1v) is 20.3. The Kier molecular flexibility index (Phi) is 12.7. The second-order valence-corrected chi connectivity index (χ2v) is 17.4. The maximum Gasteiger partial charge on any atom is 0.244 e. The van der Waals surface area contributed by atoms with Gasteiger partial charge in [-0.2, -0.15) is 0 Å². The molecule has 2 fully saturated rings. The third-order valence-electron chi connectivity index (χ3n) is 11.5. The molecule has 0 saturated carbocycles. The largest absolute Gasteiger partial charge is 0.355 e.